The lowest BCUT2D eigenvalue weighted by Crippen LogP contribution is -2.45. The molecule has 1 fully saturated rings. The predicted molar refractivity (Wildman–Crippen MR) is 74.1 cm³/mol. The Hall–Kier alpha value is -0.420. The summed E-state index contributed by atoms with van der Waals surface area (Å²) < 4.78 is 0. The minimum absolute atomic E-state index is 0.164. The van der Waals surface area contributed by atoms with Crippen LogP contribution >= 0.6 is 27.3 Å². The SMILES string of the molecule is Cc1nc(C)c(C(=O)N(CCBr)C2CCC2)s1. The van der Waals surface area contributed by atoms with Crippen LogP contribution in [0.3, 0.4) is 0 Å². The van der Waals surface area contributed by atoms with E-state index in [1.807, 2.05) is 18.7 Å². The van der Waals surface area contributed by atoms with Gasteiger partial charge in [-0.1, -0.05) is 15.9 Å². The fraction of sp³-hybridized carbons (Fsp3) is 0.667. The van der Waals surface area contributed by atoms with Gasteiger partial charge in [0.1, 0.15) is 4.88 Å². The van der Waals surface area contributed by atoms with E-state index in [4.69, 9.17) is 0 Å². The third kappa shape index (κ3) is 2.71. The Morgan fingerprint density at radius 2 is 2.24 bits per heavy atom. The lowest BCUT2D eigenvalue weighted by Gasteiger charge is -2.37. The van der Waals surface area contributed by atoms with Gasteiger partial charge < -0.3 is 4.90 Å². The molecule has 0 bridgehead atoms. The zero-order valence-electron chi connectivity index (χ0n) is 10.2. The Kier molecular flexibility index (Phi) is 4.20. The summed E-state index contributed by atoms with van der Waals surface area (Å²) >= 11 is 4.94. The van der Waals surface area contributed by atoms with Gasteiger partial charge in [0.25, 0.3) is 5.91 Å². The molecule has 2 rings (SSSR count). The van der Waals surface area contributed by atoms with Crippen molar-refractivity contribution in [2.75, 3.05) is 11.9 Å². The van der Waals surface area contributed by atoms with Crippen LogP contribution in [0, 0.1) is 13.8 Å². The summed E-state index contributed by atoms with van der Waals surface area (Å²) in [6.07, 6.45) is 3.54. The summed E-state index contributed by atoms with van der Waals surface area (Å²) in [6.45, 7) is 4.66. The van der Waals surface area contributed by atoms with Crippen molar-refractivity contribution in [3.8, 4) is 0 Å². The normalized spacial score (nSPS) is 15.7. The van der Waals surface area contributed by atoms with Crippen LogP contribution < -0.4 is 0 Å². The van der Waals surface area contributed by atoms with Crippen LogP contribution in [0.1, 0.15) is 39.6 Å². The highest BCUT2D eigenvalue weighted by molar-refractivity contribution is 9.09. The van der Waals surface area contributed by atoms with Gasteiger partial charge in [0.05, 0.1) is 10.7 Å². The van der Waals surface area contributed by atoms with Gasteiger partial charge in [-0.15, -0.1) is 11.3 Å². The molecule has 0 aliphatic heterocycles. The number of halogens is 1. The molecule has 0 radical (unpaired) electrons. The molecule has 1 aromatic rings. The molecule has 1 aromatic heterocycles. The van der Waals surface area contributed by atoms with Gasteiger partial charge in [-0.05, 0) is 33.1 Å². The number of nitrogens with zero attached hydrogens (tertiary/aromatic N) is 2. The molecule has 17 heavy (non-hydrogen) atoms. The van der Waals surface area contributed by atoms with Gasteiger partial charge in [-0.3, -0.25) is 4.79 Å². The molecule has 5 heteroatoms. The van der Waals surface area contributed by atoms with Crippen molar-refractivity contribution >= 4 is 33.2 Å². The second-order valence-electron chi connectivity index (χ2n) is 4.42. The summed E-state index contributed by atoms with van der Waals surface area (Å²) in [5.41, 5.74) is 0.872. The number of aromatic nitrogens is 1. The first-order chi connectivity index (χ1) is 8.13. The van der Waals surface area contributed by atoms with Crippen molar-refractivity contribution in [3.63, 3.8) is 0 Å². The molecule has 0 aromatic carbocycles. The van der Waals surface area contributed by atoms with Crippen LogP contribution in [-0.2, 0) is 0 Å². The first kappa shape index (κ1) is 13.0. The summed E-state index contributed by atoms with van der Waals surface area (Å²) in [7, 11) is 0. The second kappa shape index (κ2) is 5.48. The molecule has 0 saturated heterocycles. The predicted octanol–water partition coefficient (Wildman–Crippen LogP) is 3.15. The minimum Gasteiger partial charge on any atom is -0.334 e. The van der Waals surface area contributed by atoms with E-state index in [9.17, 15) is 4.79 Å². The molecule has 1 heterocycles. The van der Waals surface area contributed by atoms with Crippen molar-refractivity contribution in [1.29, 1.82) is 0 Å². The highest BCUT2D eigenvalue weighted by Crippen LogP contribution is 2.28. The van der Waals surface area contributed by atoms with Crippen LogP contribution in [-0.4, -0.2) is 33.7 Å². The fourth-order valence-electron chi connectivity index (χ4n) is 2.10. The smallest absolute Gasteiger partial charge is 0.266 e. The van der Waals surface area contributed by atoms with Gasteiger partial charge in [0, 0.05) is 17.9 Å². The zero-order chi connectivity index (χ0) is 12.4. The van der Waals surface area contributed by atoms with Crippen LogP contribution in [0.2, 0.25) is 0 Å². The van der Waals surface area contributed by atoms with E-state index in [2.05, 4.69) is 20.9 Å². The molecule has 1 amide bonds. The Bertz CT molecular complexity index is 415. The van der Waals surface area contributed by atoms with E-state index in [0.29, 0.717) is 6.04 Å². The molecule has 1 aliphatic rings. The average molecular weight is 317 g/mol. The molecule has 0 N–H and O–H groups in total. The van der Waals surface area contributed by atoms with E-state index in [1.165, 1.54) is 17.8 Å². The maximum Gasteiger partial charge on any atom is 0.266 e. The maximum atomic E-state index is 12.5. The fourth-order valence-corrected chi connectivity index (χ4v) is 3.36. The van der Waals surface area contributed by atoms with E-state index in [-0.39, 0.29) is 5.91 Å². The summed E-state index contributed by atoms with van der Waals surface area (Å²) in [6, 6.07) is 0.446. The van der Waals surface area contributed by atoms with Crippen LogP contribution in [0.4, 0.5) is 0 Å². The first-order valence-electron chi connectivity index (χ1n) is 5.94. The lowest BCUT2D eigenvalue weighted by molar-refractivity contribution is 0.0603. The highest BCUT2D eigenvalue weighted by Gasteiger charge is 2.30. The van der Waals surface area contributed by atoms with Gasteiger partial charge >= 0.3 is 0 Å². The number of aryl methyl sites for hydroxylation is 2. The number of thiazole rings is 1. The summed E-state index contributed by atoms with van der Waals surface area (Å²) in [5.74, 6) is 0.164. The second-order valence-corrected chi connectivity index (χ2v) is 6.42. The van der Waals surface area contributed by atoms with Crippen LogP contribution in [0.25, 0.3) is 0 Å². The number of amides is 1. The van der Waals surface area contributed by atoms with Crippen molar-refractivity contribution in [3.05, 3.63) is 15.6 Å². The standard InChI is InChI=1S/C12H17BrN2OS/c1-8-11(17-9(2)14-8)12(16)15(7-6-13)10-4-3-5-10/h10H,3-7H2,1-2H3. The quantitative estimate of drug-likeness (QED) is 0.799. The number of rotatable bonds is 4. The summed E-state index contributed by atoms with van der Waals surface area (Å²) in [5, 5.41) is 1.81. The third-order valence-electron chi connectivity index (χ3n) is 3.20. The maximum absolute atomic E-state index is 12.5. The lowest BCUT2D eigenvalue weighted by atomic mass is 9.91. The van der Waals surface area contributed by atoms with E-state index in [1.54, 1.807) is 0 Å². The van der Waals surface area contributed by atoms with Gasteiger partial charge in [0.15, 0.2) is 0 Å². The van der Waals surface area contributed by atoms with E-state index in [0.717, 1.165) is 40.3 Å². The molecule has 1 saturated carbocycles. The van der Waals surface area contributed by atoms with Crippen molar-refractivity contribution < 1.29 is 4.79 Å². The largest absolute Gasteiger partial charge is 0.334 e. The van der Waals surface area contributed by atoms with Crippen LogP contribution in [0.15, 0.2) is 0 Å². The Balaban J connectivity index is 2.17. The Morgan fingerprint density at radius 1 is 1.53 bits per heavy atom. The first-order valence-corrected chi connectivity index (χ1v) is 7.88. The molecular formula is C12H17BrN2OS. The molecule has 0 unspecified atom stereocenters. The van der Waals surface area contributed by atoms with Crippen molar-refractivity contribution in [1.82, 2.24) is 9.88 Å². The number of hydrogen-bond donors (Lipinski definition) is 0. The van der Waals surface area contributed by atoms with Gasteiger partial charge in [-0.25, -0.2) is 4.98 Å². The minimum atomic E-state index is 0.164. The van der Waals surface area contributed by atoms with Gasteiger partial charge in [0.2, 0.25) is 0 Å². The highest BCUT2D eigenvalue weighted by atomic mass is 79.9. The molecule has 94 valence electrons. The van der Waals surface area contributed by atoms with E-state index >= 15 is 0 Å². The number of carbonyl (C=O) groups is 1. The van der Waals surface area contributed by atoms with Crippen molar-refractivity contribution in [2.24, 2.45) is 0 Å². The molecular weight excluding hydrogens is 300 g/mol. The summed E-state index contributed by atoms with van der Waals surface area (Å²) in [4.78, 5) is 19.6. The Labute approximate surface area is 114 Å². The molecule has 1 aliphatic carbocycles. The monoisotopic (exact) mass is 316 g/mol. The number of alkyl halides is 1. The molecule has 3 nitrogen and oxygen atoms in total. The zero-order valence-corrected chi connectivity index (χ0v) is 12.6. The average Bonchev–Trinajstić information content (AvgIpc) is 2.53. The number of carbonyl (C=O) groups excluding carboxylic acids is 1. The van der Waals surface area contributed by atoms with E-state index < -0.39 is 0 Å². The number of hydrogen-bond acceptors (Lipinski definition) is 3. The van der Waals surface area contributed by atoms with Crippen LogP contribution in [0.5, 0.6) is 0 Å². The van der Waals surface area contributed by atoms with Crippen molar-refractivity contribution in [2.45, 2.75) is 39.2 Å². The van der Waals surface area contributed by atoms with Gasteiger partial charge in [-0.2, -0.15) is 0 Å². The molecule has 0 spiro atoms. The third-order valence-corrected chi connectivity index (χ3v) is 4.62. The molecule has 0 atom stereocenters. The Morgan fingerprint density at radius 3 is 2.65 bits per heavy atom. The topological polar surface area (TPSA) is 33.2 Å².